The molecule has 112 valence electrons. The van der Waals surface area contributed by atoms with E-state index in [0.29, 0.717) is 6.04 Å². The van der Waals surface area contributed by atoms with Crippen LogP contribution in [0.2, 0.25) is 5.02 Å². The van der Waals surface area contributed by atoms with Gasteiger partial charge in [-0.15, -0.1) is 0 Å². The first-order valence-electron chi connectivity index (χ1n) is 7.76. The standard InChI is InChI=1S/C17H27ClN2/c1-13(2)20(12-16-5-4-8-19-10-16)11-15-7-6-14(3)17(18)9-15/h6-7,9,13,16,19H,4-5,8,10-12H2,1-3H3. The first-order chi connectivity index (χ1) is 9.56. The quantitative estimate of drug-likeness (QED) is 0.887. The van der Waals surface area contributed by atoms with Gasteiger partial charge in [0.05, 0.1) is 0 Å². The largest absolute Gasteiger partial charge is 0.316 e. The number of rotatable bonds is 5. The molecule has 2 rings (SSSR count). The van der Waals surface area contributed by atoms with Gasteiger partial charge in [0.2, 0.25) is 0 Å². The number of halogens is 1. The number of hydrogen-bond donors (Lipinski definition) is 1. The van der Waals surface area contributed by atoms with Crippen LogP contribution in [0.25, 0.3) is 0 Å². The van der Waals surface area contributed by atoms with Crippen molar-refractivity contribution in [1.82, 2.24) is 10.2 Å². The highest BCUT2D eigenvalue weighted by Crippen LogP contribution is 2.20. The lowest BCUT2D eigenvalue weighted by Crippen LogP contribution is -2.40. The Balaban J connectivity index is 1.99. The van der Waals surface area contributed by atoms with Gasteiger partial charge in [0.25, 0.3) is 0 Å². The van der Waals surface area contributed by atoms with E-state index in [0.717, 1.165) is 29.6 Å². The monoisotopic (exact) mass is 294 g/mol. The molecule has 0 spiro atoms. The van der Waals surface area contributed by atoms with E-state index in [-0.39, 0.29) is 0 Å². The van der Waals surface area contributed by atoms with Crippen LogP contribution in [0.5, 0.6) is 0 Å². The normalized spacial score (nSPS) is 19.8. The summed E-state index contributed by atoms with van der Waals surface area (Å²) in [6.07, 6.45) is 2.66. The van der Waals surface area contributed by atoms with Crippen molar-refractivity contribution in [3.05, 3.63) is 34.3 Å². The second-order valence-corrected chi connectivity index (χ2v) is 6.73. The van der Waals surface area contributed by atoms with Crippen molar-refractivity contribution < 1.29 is 0 Å². The van der Waals surface area contributed by atoms with E-state index in [1.807, 2.05) is 0 Å². The average Bonchev–Trinajstić information content (AvgIpc) is 2.43. The van der Waals surface area contributed by atoms with Crippen LogP contribution in [0.1, 0.15) is 37.8 Å². The van der Waals surface area contributed by atoms with Crippen molar-refractivity contribution in [3.8, 4) is 0 Å². The van der Waals surface area contributed by atoms with Gasteiger partial charge in [0, 0.05) is 24.2 Å². The second-order valence-electron chi connectivity index (χ2n) is 6.32. The molecule has 1 aromatic carbocycles. The summed E-state index contributed by atoms with van der Waals surface area (Å²) < 4.78 is 0. The van der Waals surface area contributed by atoms with Gasteiger partial charge in [-0.05, 0) is 69.8 Å². The number of nitrogens with one attached hydrogen (secondary N) is 1. The van der Waals surface area contributed by atoms with Crippen LogP contribution in [0.3, 0.4) is 0 Å². The van der Waals surface area contributed by atoms with Crippen molar-refractivity contribution in [2.75, 3.05) is 19.6 Å². The highest BCUT2D eigenvalue weighted by Gasteiger charge is 2.19. The number of aryl methyl sites for hydroxylation is 1. The molecule has 0 radical (unpaired) electrons. The predicted octanol–water partition coefficient (Wildman–Crippen LogP) is 3.86. The molecule has 1 fully saturated rings. The lowest BCUT2D eigenvalue weighted by molar-refractivity contribution is 0.164. The van der Waals surface area contributed by atoms with Gasteiger partial charge >= 0.3 is 0 Å². The second kappa shape index (κ2) is 7.44. The molecule has 1 aliphatic heterocycles. The Morgan fingerprint density at radius 3 is 2.80 bits per heavy atom. The van der Waals surface area contributed by atoms with Crippen LogP contribution in [-0.2, 0) is 6.54 Å². The van der Waals surface area contributed by atoms with Crippen LogP contribution in [0.15, 0.2) is 18.2 Å². The highest BCUT2D eigenvalue weighted by molar-refractivity contribution is 6.31. The molecule has 20 heavy (non-hydrogen) atoms. The molecule has 1 atom stereocenters. The molecule has 1 saturated heterocycles. The number of benzene rings is 1. The fourth-order valence-electron chi connectivity index (χ4n) is 2.84. The Hall–Kier alpha value is -0.570. The fraction of sp³-hybridized carbons (Fsp3) is 0.647. The smallest absolute Gasteiger partial charge is 0.0438 e. The summed E-state index contributed by atoms with van der Waals surface area (Å²) in [7, 11) is 0. The summed E-state index contributed by atoms with van der Waals surface area (Å²) >= 11 is 6.24. The maximum Gasteiger partial charge on any atom is 0.0438 e. The number of hydrogen-bond acceptors (Lipinski definition) is 2. The van der Waals surface area contributed by atoms with Gasteiger partial charge in [-0.1, -0.05) is 23.7 Å². The molecular weight excluding hydrogens is 268 g/mol. The zero-order valence-corrected chi connectivity index (χ0v) is 13.7. The Labute approximate surface area is 128 Å². The van der Waals surface area contributed by atoms with Crippen molar-refractivity contribution in [2.24, 2.45) is 5.92 Å². The molecule has 0 aromatic heterocycles. The number of piperidine rings is 1. The summed E-state index contributed by atoms with van der Waals surface area (Å²) in [6.45, 7) is 11.1. The lowest BCUT2D eigenvalue weighted by Gasteiger charge is -2.33. The maximum atomic E-state index is 6.24. The Bertz CT molecular complexity index is 425. The van der Waals surface area contributed by atoms with E-state index >= 15 is 0 Å². The summed E-state index contributed by atoms with van der Waals surface area (Å²) in [6, 6.07) is 7.01. The van der Waals surface area contributed by atoms with Crippen LogP contribution in [-0.4, -0.2) is 30.6 Å². The zero-order chi connectivity index (χ0) is 14.5. The zero-order valence-electron chi connectivity index (χ0n) is 13.0. The molecule has 0 saturated carbocycles. The third-order valence-electron chi connectivity index (χ3n) is 4.24. The van der Waals surface area contributed by atoms with E-state index in [1.165, 1.54) is 31.5 Å². The molecule has 1 aromatic rings. The minimum Gasteiger partial charge on any atom is -0.316 e. The molecule has 0 amide bonds. The topological polar surface area (TPSA) is 15.3 Å². The van der Waals surface area contributed by atoms with E-state index in [1.54, 1.807) is 0 Å². The van der Waals surface area contributed by atoms with E-state index in [2.05, 4.69) is 49.2 Å². The summed E-state index contributed by atoms with van der Waals surface area (Å²) in [4.78, 5) is 2.57. The van der Waals surface area contributed by atoms with Gasteiger partial charge in [-0.3, -0.25) is 4.90 Å². The van der Waals surface area contributed by atoms with Gasteiger partial charge in [0.15, 0.2) is 0 Å². The van der Waals surface area contributed by atoms with E-state index in [9.17, 15) is 0 Å². The van der Waals surface area contributed by atoms with E-state index < -0.39 is 0 Å². The van der Waals surface area contributed by atoms with Crippen molar-refractivity contribution in [1.29, 1.82) is 0 Å². The molecule has 1 N–H and O–H groups in total. The molecule has 1 heterocycles. The van der Waals surface area contributed by atoms with Crippen molar-refractivity contribution in [2.45, 2.75) is 46.2 Å². The summed E-state index contributed by atoms with van der Waals surface area (Å²) in [5.74, 6) is 0.784. The van der Waals surface area contributed by atoms with E-state index in [4.69, 9.17) is 11.6 Å². The molecular formula is C17H27ClN2. The SMILES string of the molecule is Cc1ccc(CN(CC2CCCNC2)C(C)C)cc1Cl. The average molecular weight is 295 g/mol. The molecule has 1 aliphatic rings. The number of nitrogens with zero attached hydrogens (tertiary/aromatic N) is 1. The van der Waals surface area contributed by atoms with Crippen molar-refractivity contribution >= 4 is 11.6 Å². The molecule has 1 unspecified atom stereocenters. The first kappa shape index (κ1) is 15.8. The Morgan fingerprint density at radius 2 is 2.20 bits per heavy atom. The van der Waals surface area contributed by atoms with Crippen LogP contribution < -0.4 is 5.32 Å². The summed E-state index contributed by atoms with van der Waals surface area (Å²) in [5, 5.41) is 4.39. The Morgan fingerprint density at radius 1 is 1.40 bits per heavy atom. The van der Waals surface area contributed by atoms with Gasteiger partial charge in [-0.2, -0.15) is 0 Å². The van der Waals surface area contributed by atoms with Crippen LogP contribution in [0.4, 0.5) is 0 Å². The maximum absolute atomic E-state index is 6.24. The molecule has 3 heteroatoms. The Kier molecular flexibility index (Phi) is 5.88. The van der Waals surface area contributed by atoms with Crippen molar-refractivity contribution in [3.63, 3.8) is 0 Å². The van der Waals surface area contributed by atoms with Gasteiger partial charge in [0.1, 0.15) is 0 Å². The fourth-order valence-corrected chi connectivity index (χ4v) is 3.04. The molecule has 2 nitrogen and oxygen atoms in total. The van der Waals surface area contributed by atoms with Crippen LogP contribution in [0, 0.1) is 12.8 Å². The predicted molar refractivity (Wildman–Crippen MR) is 87.3 cm³/mol. The third-order valence-corrected chi connectivity index (χ3v) is 4.65. The van der Waals surface area contributed by atoms with Gasteiger partial charge < -0.3 is 5.32 Å². The first-order valence-corrected chi connectivity index (χ1v) is 8.14. The van der Waals surface area contributed by atoms with Crippen LogP contribution >= 0.6 is 11.6 Å². The summed E-state index contributed by atoms with van der Waals surface area (Å²) in [5.41, 5.74) is 2.47. The highest BCUT2D eigenvalue weighted by atomic mass is 35.5. The lowest BCUT2D eigenvalue weighted by atomic mass is 9.98. The third kappa shape index (κ3) is 4.47. The molecule has 0 bridgehead atoms. The van der Waals surface area contributed by atoms with Gasteiger partial charge in [-0.25, -0.2) is 0 Å². The molecule has 0 aliphatic carbocycles. The minimum atomic E-state index is 0.567. The minimum absolute atomic E-state index is 0.567.